The van der Waals surface area contributed by atoms with Crippen LogP contribution >= 0.6 is 0 Å². The minimum Gasteiger partial charge on any atom is -0.481 e. The van der Waals surface area contributed by atoms with Gasteiger partial charge >= 0.3 is 0 Å². The van der Waals surface area contributed by atoms with Crippen molar-refractivity contribution in [2.24, 2.45) is 0 Å². The zero-order chi connectivity index (χ0) is 10.2. The standard InChI is InChI=1S/C11H18N2O/c1-3-7-12-9-6-10-5-4-8-13-11(10)14-2/h4-5,8,12H,3,6-7,9H2,1-2H3. The molecule has 3 heteroatoms. The van der Waals surface area contributed by atoms with Gasteiger partial charge in [0.2, 0.25) is 5.88 Å². The van der Waals surface area contributed by atoms with Crippen LogP contribution in [0.25, 0.3) is 0 Å². The molecule has 0 saturated heterocycles. The monoisotopic (exact) mass is 194 g/mol. The predicted molar refractivity (Wildman–Crippen MR) is 57.7 cm³/mol. The van der Waals surface area contributed by atoms with Gasteiger partial charge < -0.3 is 10.1 Å². The summed E-state index contributed by atoms with van der Waals surface area (Å²) in [4.78, 5) is 4.15. The van der Waals surface area contributed by atoms with Crippen molar-refractivity contribution < 1.29 is 4.74 Å². The van der Waals surface area contributed by atoms with Crippen LogP contribution in [-0.4, -0.2) is 25.2 Å². The summed E-state index contributed by atoms with van der Waals surface area (Å²) in [5, 5.41) is 3.35. The van der Waals surface area contributed by atoms with Crippen LogP contribution in [0.1, 0.15) is 18.9 Å². The number of rotatable bonds is 6. The predicted octanol–water partition coefficient (Wildman–Crippen LogP) is 1.63. The molecule has 0 aromatic carbocycles. The van der Waals surface area contributed by atoms with Gasteiger partial charge in [-0.05, 0) is 32.0 Å². The fraction of sp³-hybridized carbons (Fsp3) is 0.545. The molecular weight excluding hydrogens is 176 g/mol. The van der Waals surface area contributed by atoms with E-state index in [9.17, 15) is 0 Å². The van der Waals surface area contributed by atoms with Crippen LogP contribution in [0, 0.1) is 0 Å². The SMILES string of the molecule is CCCNCCc1cccnc1OC. The van der Waals surface area contributed by atoms with E-state index in [1.165, 1.54) is 12.0 Å². The molecule has 0 aliphatic heterocycles. The Hall–Kier alpha value is -1.09. The van der Waals surface area contributed by atoms with E-state index >= 15 is 0 Å². The molecule has 0 radical (unpaired) electrons. The Balaban J connectivity index is 2.41. The minimum absolute atomic E-state index is 0.741. The highest BCUT2D eigenvalue weighted by Gasteiger charge is 2.01. The van der Waals surface area contributed by atoms with Crippen LogP contribution in [0.5, 0.6) is 5.88 Å². The van der Waals surface area contributed by atoms with Crippen LogP contribution in [0.2, 0.25) is 0 Å². The second-order valence-corrected chi connectivity index (χ2v) is 3.17. The highest BCUT2D eigenvalue weighted by atomic mass is 16.5. The number of aromatic nitrogens is 1. The van der Waals surface area contributed by atoms with Crippen LogP contribution in [0.3, 0.4) is 0 Å². The fourth-order valence-electron chi connectivity index (χ4n) is 1.32. The third-order valence-corrected chi connectivity index (χ3v) is 2.04. The molecule has 0 saturated carbocycles. The zero-order valence-corrected chi connectivity index (χ0v) is 8.92. The number of hydrogen-bond donors (Lipinski definition) is 1. The summed E-state index contributed by atoms with van der Waals surface area (Å²) in [5.41, 5.74) is 1.17. The molecule has 0 spiro atoms. The lowest BCUT2D eigenvalue weighted by atomic mass is 10.2. The van der Waals surface area contributed by atoms with Crippen LogP contribution in [0.4, 0.5) is 0 Å². The molecule has 0 aliphatic carbocycles. The van der Waals surface area contributed by atoms with Crippen LogP contribution in [-0.2, 0) is 6.42 Å². The van der Waals surface area contributed by atoms with E-state index in [-0.39, 0.29) is 0 Å². The molecular formula is C11H18N2O. The number of nitrogens with zero attached hydrogens (tertiary/aromatic N) is 1. The van der Waals surface area contributed by atoms with Gasteiger partial charge in [0.1, 0.15) is 0 Å². The average Bonchev–Trinajstić information content (AvgIpc) is 2.25. The first-order valence-corrected chi connectivity index (χ1v) is 5.07. The van der Waals surface area contributed by atoms with Crippen molar-refractivity contribution in [2.75, 3.05) is 20.2 Å². The maximum Gasteiger partial charge on any atom is 0.216 e. The molecule has 78 valence electrons. The molecule has 14 heavy (non-hydrogen) atoms. The van der Waals surface area contributed by atoms with E-state index in [4.69, 9.17) is 4.74 Å². The molecule has 0 unspecified atom stereocenters. The first-order chi connectivity index (χ1) is 6.88. The van der Waals surface area contributed by atoms with E-state index in [1.807, 2.05) is 6.07 Å². The van der Waals surface area contributed by atoms with Gasteiger partial charge in [0.25, 0.3) is 0 Å². The van der Waals surface area contributed by atoms with Crippen molar-refractivity contribution in [2.45, 2.75) is 19.8 Å². The van der Waals surface area contributed by atoms with Crippen molar-refractivity contribution in [1.82, 2.24) is 10.3 Å². The minimum atomic E-state index is 0.741. The van der Waals surface area contributed by atoms with Crippen molar-refractivity contribution in [1.29, 1.82) is 0 Å². The van der Waals surface area contributed by atoms with E-state index in [1.54, 1.807) is 13.3 Å². The Morgan fingerprint density at radius 3 is 3.00 bits per heavy atom. The highest BCUT2D eigenvalue weighted by Crippen LogP contribution is 2.13. The maximum atomic E-state index is 5.16. The molecule has 1 aromatic heterocycles. The van der Waals surface area contributed by atoms with Gasteiger partial charge in [0.05, 0.1) is 7.11 Å². The van der Waals surface area contributed by atoms with Gasteiger partial charge in [0.15, 0.2) is 0 Å². The number of ether oxygens (including phenoxy) is 1. The second kappa shape index (κ2) is 6.38. The van der Waals surface area contributed by atoms with Crippen molar-refractivity contribution in [3.05, 3.63) is 23.9 Å². The Labute approximate surface area is 85.5 Å². The molecule has 0 aliphatic rings. The largest absolute Gasteiger partial charge is 0.481 e. The summed E-state index contributed by atoms with van der Waals surface area (Å²) >= 11 is 0. The molecule has 1 aromatic rings. The Morgan fingerprint density at radius 2 is 2.29 bits per heavy atom. The normalized spacial score (nSPS) is 10.1. The molecule has 0 bridgehead atoms. The molecule has 0 fully saturated rings. The molecule has 1 N–H and O–H groups in total. The Bertz CT molecular complexity index is 263. The highest BCUT2D eigenvalue weighted by molar-refractivity contribution is 5.25. The second-order valence-electron chi connectivity index (χ2n) is 3.17. The maximum absolute atomic E-state index is 5.16. The van der Waals surface area contributed by atoms with Gasteiger partial charge in [0, 0.05) is 11.8 Å². The van der Waals surface area contributed by atoms with Gasteiger partial charge in [-0.1, -0.05) is 13.0 Å². The summed E-state index contributed by atoms with van der Waals surface area (Å²) < 4.78 is 5.16. The summed E-state index contributed by atoms with van der Waals surface area (Å²) in [6, 6.07) is 4.00. The molecule has 1 heterocycles. The third-order valence-electron chi connectivity index (χ3n) is 2.04. The lowest BCUT2D eigenvalue weighted by molar-refractivity contribution is 0.392. The lowest BCUT2D eigenvalue weighted by Crippen LogP contribution is -2.18. The Morgan fingerprint density at radius 1 is 1.43 bits per heavy atom. The zero-order valence-electron chi connectivity index (χ0n) is 8.92. The van der Waals surface area contributed by atoms with Crippen molar-refractivity contribution >= 4 is 0 Å². The lowest BCUT2D eigenvalue weighted by Gasteiger charge is -2.06. The van der Waals surface area contributed by atoms with Gasteiger partial charge in [-0.3, -0.25) is 0 Å². The number of nitrogens with one attached hydrogen (secondary N) is 1. The number of methoxy groups -OCH3 is 1. The number of hydrogen-bond acceptors (Lipinski definition) is 3. The van der Waals surface area contributed by atoms with Crippen LogP contribution in [0.15, 0.2) is 18.3 Å². The third kappa shape index (κ3) is 3.34. The first kappa shape index (κ1) is 11.0. The molecule has 0 amide bonds. The average molecular weight is 194 g/mol. The van der Waals surface area contributed by atoms with Gasteiger partial charge in [-0.2, -0.15) is 0 Å². The Kier molecular flexibility index (Phi) is 5.00. The van der Waals surface area contributed by atoms with Gasteiger partial charge in [-0.15, -0.1) is 0 Å². The summed E-state index contributed by atoms with van der Waals surface area (Å²) in [7, 11) is 1.66. The molecule has 3 nitrogen and oxygen atoms in total. The summed E-state index contributed by atoms with van der Waals surface area (Å²) in [5.74, 6) is 0.741. The first-order valence-electron chi connectivity index (χ1n) is 5.07. The topological polar surface area (TPSA) is 34.2 Å². The van der Waals surface area contributed by atoms with Crippen molar-refractivity contribution in [3.63, 3.8) is 0 Å². The fourth-order valence-corrected chi connectivity index (χ4v) is 1.32. The van der Waals surface area contributed by atoms with E-state index < -0.39 is 0 Å². The molecule has 1 rings (SSSR count). The quantitative estimate of drug-likeness (QED) is 0.699. The number of pyridine rings is 1. The van der Waals surface area contributed by atoms with Crippen LogP contribution < -0.4 is 10.1 Å². The summed E-state index contributed by atoms with van der Waals surface area (Å²) in [6.07, 6.45) is 3.89. The van der Waals surface area contributed by atoms with Crippen molar-refractivity contribution in [3.8, 4) is 5.88 Å². The smallest absolute Gasteiger partial charge is 0.216 e. The van der Waals surface area contributed by atoms with E-state index in [0.717, 1.165) is 25.4 Å². The summed E-state index contributed by atoms with van der Waals surface area (Å²) in [6.45, 7) is 4.22. The van der Waals surface area contributed by atoms with E-state index in [2.05, 4.69) is 23.3 Å². The van der Waals surface area contributed by atoms with Gasteiger partial charge in [-0.25, -0.2) is 4.98 Å². The molecule has 0 atom stereocenters. The van der Waals surface area contributed by atoms with E-state index in [0.29, 0.717) is 0 Å².